The molecule has 1 N–H and O–H groups in total. The molecule has 138 valence electrons. The van der Waals surface area contributed by atoms with Crippen LogP contribution in [0.3, 0.4) is 0 Å². The van der Waals surface area contributed by atoms with Crippen LogP contribution in [-0.2, 0) is 0 Å². The maximum Gasteiger partial charge on any atom is 0.263 e. The molecule has 9 heteroatoms. The highest BCUT2D eigenvalue weighted by Gasteiger charge is 2.17. The molecule has 3 aromatic rings. The number of benzene rings is 1. The van der Waals surface area contributed by atoms with Crippen molar-refractivity contribution in [1.82, 2.24) is 20.3 Å². The molecule has 27 heavy (non-hydrogen) atoms. The second kappa shape index (κ2) is 7.58. The summed E-state index contributed by atoms with van der Waals surface area (Å²) in [5.41, 5.74) is 0.650. The summed E-state index contributed by atoms with van der Waals surface area (Å²) in [5.74, 6) is 2.34. The molecule has 0 unspecified atom stereocenters. The zero-order valence-corrected chi connectivity index (χ0v) is 15.3. The Labute approximate surface area is 159 Å². The molecule has 0 fully saturated rings. The van der Waals surface area contributed by atoms with Crippen LogP contribution in [0.1, 0.15) is 15.4 Å². The first-order valence-corrected chi connectivity index (χ1v) is 9.08. The van der Waals surface area contributed by atoms with Crippen LogP contribution < -0.4 is 19.5 Å². The van der Waals surface area contributed by atoms with E-state index >= 15 is 0 Å². The third-order valence-corrected chi connectivity index (χ3v) is 4.91. The predicted octanol–water partition coefficient (Wildman–Crippen LogP) is 2.45. The van der Waals surface area contributed by atoms with E-state index in [0.717, 1.165) is 0 Å². The molecule has 1 aliphatic rings. The van der Waals surface area contributed by atoms with Crippen molar-refractivity contribution >= 4 is 17.2 Å². The van der Waals surface area contributed by atoms with Crippen molar-refractivity contribution in [3.63, 3.8) is 0 Å². The first-order chi connectivity index (χ1) is 13.2. The maximum absolute atomic E-state index is 12.4. The molecule has 8 nitrogen and oxygen atoms in total. The molecule has 1 aliphatic heterocycles. The molecule has 0 spiro atoms. The summed E-state index contributed by atoms with van der Waals surface area (Å²) >= 11 is 1.27. The lowest BCUT2D eigenvalue weighted by Crippen LogP contribution is -2.27. The lowest BCUT2D eigenvalue weighted by molar-refractivity contribution is 0.0950. The fourth-order valence-corrected chi connectivity index (χ4v) is 3.42. The molecule has 0 saturated heterocycles. The van der Waals surface area contributed by atoms with Gasteiger partial charge < -0.3 is 19.5 Å². The van der Waals surface area contributed by atoms with Gasteiger partial charge in [0.1, 0.15) is 17.2 Å². The van der Waals surface area contributed by atoms with Crippen LogP contribution >= 0.6 is 11.3 Å². The van der Waals surface area contributed by atoms with Gasteiger partial charge in [0, 0.05) is 18.5 Å². The minimum Gasteiger partial charge on any atom is -0.492 e. The predicted molar refractivity (Wildman–Crippen MR) is 98.3 cm³/mol. The lowest BCUT2D eigenvalue weighted by atomic mass is 10.3. The fraction of sp³-hybridized carbons (Fsp3) is 0.222. The number of carbonyl (C=O) groups excluding carboxylic acids is 1. The number of ether oxygens (including phenoxy) is 3. The first kappa shape index (κ1) is 17.2. The molecule has 1 amide bonds. The van der Waals surface area contributed by atoms with E-state index in [1.54, 1.807) is 43.6 Å². The van der Waals surface area contributed by atoms with E-state index in [1.807, 2.05) is 0 Å². The van der Waals surface area contributed by atoms with Crippen LogP contribution in [0.25, 0.3) is 10.8 Å². The van der Waals surface area contributed by atoms with Crippen molar-refractivity contribution in [2.45, 2.75) is 6.92 Å². The molecule has 2 aromatic heterocycles. The van der Waals surface area contributed by atoms with Gasteiger partial charge in [-0.2, -0.15) is 0 Å². The van der Waals surface area contributed by atoms with Gasteiger partial charge in [-0.15, -0.1) is 11.3 Å². The van der Waals surface area contributed by atoms with E-state index < -0.39 is 0 Å². The smallest absolute Gasteiger partial charge is 0.263 e. The quantitative estimate of drug-likeness (QED) is 0.652. The minimum atomic E-state index is -0.193. The fourth-order valence-electron chi connectivity index (χ4n) is 2.49. The summed E-state index contributed by atoms with van der Waals surface area (Å²) in [7, 11) is 0. The Morgan fingerprint density at radius 2 is 2.07 bits per heavy atom. The van der Waals surface area contributed by atoms with Gasteiger partial charge in [0.25, 0.3) is 5.91 Å². The van der Waals surface area contributed by atoms with Gasteiger partial charge in [0.2, 0.25) is 6.79 Å². The first-order valence-electron chi connectivity index (χ1n) is 8.26. The number of rotatable bonds is 6. The summed E-state index contributed by atoms with van der Waals surface area (Å²) in [5, 5.41) is 3.46. The summed E-state index contributed by atoms with van der Waals surface area (Å²) in [6.45, 7) is 2.71. The number of carbonyl (C=O) groups is 1. The van der Waals surface area contributed by atoms with Crippen molar-refractivity contribution in [3.8, 4) is 28.1 Å². The van der Waals surface area contributed by atoms with Crippen LogP contribution in [0.5, 0.6) is 17.2 Å². The molecule has 1 aromatic carbocycles. The lowest BCUT2D eigenvalue weighted by Gasteiger charge is -2.08. The Kier molecular flexibility index (Phi) is 4.84. The molecular formula is C18H16N4O4S. The number of hydrogen-bond donors (Lipinski definition) is 1. The molecule has 0 saturated carbocycles. The van der Waals surface area contributed by atoms with Crippen molar-refractivity contribution in [2.24, 2.45) is 0 Å². The highest BCUT2D eigenvalue weighted by atomic mass is 32.1. The van der Waals surface area contributed by atoms with Gasteiger partial charge in [0.15, 0.2) is 22.3 Å². The number of nitrogens with zero attached hydrogens (tertiary/aromatic N) is 3. The van der Waals surface area contributed by atoms with Crippen molar-refractivity contribution in [2.75, 3.05) is 19.9 Å². The highest BCUT2D eigenvalue weighted by molar-refractivity contribution is 7.17. The molecule has 0 radical (unpaired) electrons. The van der Waals surface area contributed by atoms with Gasteiger partial charge in [-0.3, -0.25) is 4.79 Å². The molecule has 0 bridgehead atoms. The molecule has 0 aliphatic carbocycles. The highest BCUT2D eigenvalue weighted by Crippen LogP contribution is 2.35. The second-order valence-corrected chi connectivity index (χ2v) is 6.62. The average molecular weight is 384 g/mol. The topological polar surface area (TPSA) is 95.5 Å². The van der Waals surface area contributed by atoms with Gasteiger partial charge in [0.05, 0.1) is 12.2 Å². The van der Waals surface area contributed by atoms with Crippen LogP contribution in [0.2, 0.25) is 0 Å². The van der Waals surface area contributed by atoms with Crippen molar-refractivity contribution in [1.29, 1.82) is 0 Å². The van der Waals surface area contributed by atoms with Gasteiger partial charge >= 0.3 is 0 Å². The SMILES string of the molecule is Cc1nc(-c2ncccn2)sc1C(=O)NCCOc1ccc2c(c1)OCO2. The summed E-state index contributed by atoms with van der Waals surface area (Å²) in [6, 6.07) is 7.10. The second-order valence-electron chi connectivity index (χ2n) is 5.63. The average Bonchev–Trinajstić information content (AvgIpc) is 3.32. The number of amides is 1. The monoisotopic (exact) mass is 384 g/mol. The standard InChI is InChI=1S/C18H16N4O4S/c1-11-15(27-18(22-11)16-19-5-2-6-20-16)17(23)21-7-8-24-12-3-4-13-14(9-12)26-10-25-13/h2-6,9H,7-8,10H2,1H3,(H,21,23). The van der Waals surface area contributed by atoms with Crippen LogP contribution in [0.15, 0.2) is 36.7 Å². The van der Waals surface area contributed by atoms with E-state index in [1.165, 1.54) is 11.3 Å². The third kappa shape index (κ3) is 3.82. The summed E-state index contributed by atoms with van der Waals surface area (Å²) in [4.78, 5) is 25.7. The Morgan fingerprint density at radius 1 is 1.26 bits per heavy atom. The van der Waals surface area contributed by atoms with E-state index in [0.29, 0.717) is 51.8 Å². The Morgan fingerprint density at radius 3 is 2.93 bits per heavy atom. The Balaban J connectivity index is 1.31. The Bertz CT molecular complexity index is 961. The number of nitrogens with one attached hydrogen (secondary N) is 1. The number of thiazole rings is 1. The van der Waals surface area contributed by atoms with Gasteiger partial charge in [-0.1, -0.05) is 0 Å². The van der Waals surface area contributed by atoms with Crippen molar-refractivity contribution < 1.29 is 19.0 Å². The van der Waals surface area contributed by atoms with Crippen molar-refractivity contribution in [3.05, 3.63) is 47.2 Å². The number of hydrogen-bond acceptors (Lipinski definition) is 8. The zero-order valence-electron chi connectivity index (χ0n) is 14.5. The van der Waals surface area contributed by atoms with E-state index in [4.69, 9.17) is 14.2 Å². The summed E-state index contributed by atoms with van der Waals surface area (Å²) in [6.07, 6.45) is 3.29. The number of fused-ring (bicyclic) bond motifs is 1. The third-order valence-electron chi connectivity index (χ3n) is 3.76. The van der Waals surface area contributed by atoms with E-state index in [2.05, 4.69) is 20.3 Å². The van der Waals surface area contributed by atoms with Gasteiger partial charge in [-0.25, -0.2) is 15.0 Å². The van der Waals surface area contributed by atoms with Crippen LogP contribution in [0, 0.1) is 6.92 Å². The molecule has 3 heterocycles. The zero-order chi connectivity index (χ0) is 18.6. The van der Waals surface area contributed by atoms with Crippen LogP contribution in [-0.4, -0.2) is 40.8 Å². The summed E-state index contributed by atoms with van der Waals surface area (Å²) < 4.78 is 16.2. The van der Waals surface area contributed by atoms with Crippen LogP contribution in [0.4, 0.5) is 0 Å². The van der Waals surface area contributed by atoms with E-state index in [9.17, 15) is 4.79 Å². The Hall–Kier alpha value is -3.20. The largest absolute Gasteiger partial charge is 0.492 e. The minimum absolute atomic E-state index is 0.193. The molecule has 4 rings (SSSR count). The normalized spacial score (nSPS) is 12.0. The maximum atomic E-state index is 12.4. The molecule has 0 atom stereocenters. The number of aromatic nitrogens is 3. The number of aryl methyl sites for hydroxylation is 1. The molecular weight excluding hydrogens is 368 g/mol. The van der Waals surface area contributed by atoms with Gasteiger partial charge in [-0.05, 0) is 25.1 Å². The van der Waals surface area contributed by atoms with E-state index in [-0.39, 0.29) is 12.7 Å².